The van der Waals surface area contributed by atoms with Crippen molar-refractivity contribution in [3.63, 3.8) is 0 Å². The van der Waals surface area contributed by atoms with E-state index in [2.05, 4.69) is 44.8 Å². The van der Waals surface area contributed by atoms with Crippen LogP contribution in [0.5, 0.6) is 11.5 Å². The van der Waals surface area contributed by atoms with Gasteiger partial charge in [-0.2, -0.15) is 4.98 Å². The van der Waals surface area contributed by atoms with Gasteiger partial charge in [0.05, 0.1) is 13.7 Å². The van der Waals surface area contributed by atoms with E-state index in [0.717, 1.165) is 62.8 Å². The number of methoxy groups -OCH3 is 1. The van der Waals surface area contributed by atoms with Gasteiger partial charge in [0.1, 0.15) is 0 Å². The summed E-state index contributed by atoms with van der Waals surface area (Å²) in [7, 11) is 1.66. The lowest BCUT2D eigenvalue weighted by atomic mass is 10.1. The first-order valence-corrected chi connectivity index (χ1v) is 10.3. The van der Waals surface area contributed by atoms with Gasteiger partial charge in [-0.05, 0) is 57.7 Å². The molecule has 1 aromatic carbocycles. The number of hydrogen-bond donors (Lipinski definition) is 2. The zero-order valence-corrected chi connectivity index (χ0v) is 20.7. The minimum atomic E-state index is 0. The van der Waals surface area contributed by atoms with Crippen LogP contribution in [0.3, 0.4) is 0 Å². The number of guanidine groups is 1. The second kappa shape index (κ2) is 14.9. The summed E-state index contributed by atoms with van der Waals surface area (Å²) in [6, 6.07) is 6.09. The Morgan fingerprint density at radius 2 is 1.97 bits per heavy atom. The van der Waals surface area contributed by atoms with Crippen LogP contribution in [0, 0.1) is 6.92 Å². The number of nitrogens with one attached hydrogen (secondary N) is 2. The lowest BCUT2D eigenvalue weighted by Gasteiger charge is -2.12. The van der Waals surface area contributed by atoms with Crippen molar-refractivity contribution < 1.29 is 14.0 Å². The number of ether oxygens (including phenoxy) is 2. The number of aryl methyl sites for hydroxylation is 3. The van der Waals surface area contributed by atoms with Crippen LogP contribution in [0.2, 0.25) is 0 Å². The molecule has 0 spiro atoms. The number of aromatic nitrogens is 2. The highest BCUT2D eigenvalue weighted by Crippen LogP contribution is 2.28. The third kappa shape index (κ3) is 9.19. The van der Waals surface area contributed by atoms with E-state index in [9.17, 15) is 0 Å². The summed E-state index contributed by atoms with van der Waals surface area (Å²) >= 11 is 0. The molecule has 0 aliphatic rings. The summed E-state index contributed by atoms with van der Waals surface area (Å²) in [6.45, 7) is 8.84. The van der Waals surface area contributed by atoms with E-state index in [1.54, 1.807) is 7.11 Å². The Morgan fingerprint density at radius 3 is 2.63 bits per heavy atom. The van der Waals surface area contributed by atoms with Crippen molar-refractivity contribution in [3.8, 4) is 11.5 Å². The summed E-state index contributed by atoms with van der Waals surface area (Å²) < 4.78 is 16.1. The van der Waals surface area contributed by atoms with Crippen LogP contribution >= 0.6 is 24.0 Å². The fourth-order valence-corrected chi connectivity index (χ4v) is 2.85. The number of nitrogens with zero attached hydrogens (tertiary/aromatic N) is 3. The van der Waals surface area contributed by atoms with Gasteiger partial charge in [-0.25, -0.2) is 0 Å². The molecule has 1 heterocycles. The summed E-state index contributed by atoms with van der Waals surface area (Å²) in [5.41, 5.74) is 1.22. The smallest absolute Gasteiger partial charge is 0.226 e. The minimum Gasteiger partial charge on any atom is -0.493 e. The molecule has 2 rings (SSSR count). The monoisotopic (exact) mass is 531 g/mol. The van der Waals surface area contributed by atoms with Crippen LogP contribution in [0.15, 0.2) is 27.7 Å². The van der Waals surface area contributed by atoms with Crippen LogP contribution in [0.1, 0.15) is 44.0 Å². The highest BCUT2D eigenvalue weighted by atomic mass is 127. The zero-order chi connectivity index (χ0) is 20.9. The van der Waals surface area contributed by atoms with Crippen molar-refractivity contribution in [2.45, 2.75) is 46.5 Å². The maximum absolute atomic E-state index is 5.65. The molecule has 0 aliphatic carbocycles. The van der Waals surface area contributed by atoms with Crippen molar-refractivity contribution >= 4 is 29.9 Å². The summed E-state index contributed by atoms with van der Waals surface area (Å²) in [5.74, 6) is 3.74. The lowest BCUT2D eigenvalue weighted by Crippen LogP contribution is -2.38. The molecule has 0 saturated heterocycles. The van der Waals surface area contributed by atoms with Gasteiger partial charge in [-0.1, -0.05) is 11.2 Å². The number of halogens is 1. The van der Waals surface area contributed by atoms with Gasteiger partial charge in [0.25, 0.3) is 0 Å². The highest BCUT2D eigenvalue weighted by Gasteiger charge is 2.06. The SMILES string of the molecule is CCNC(=NCCCc1ccc(OC)c(OCC)c1)NCCCc1nc(C)no1.I. The number of hydrogen-bond acceptors (Lipinski definition) is 6. The van der Waals surface area contributed by atoms with E-state index in [-0.39, 0.29) is 24.0 Å². The van der Waals surface area contributed by atoms with Gasteiger partial charge in [0, 0.05) is 26.1 Å². The zero-order valence-electron chi connectivity index (χ0n) is 18.4. The highest BCUT2D eigenvalue weighted by molar-refractivity contribution is 14.0. The molecular weight excluding hydrogens is 497 g/mol. The quantitative estimate of drug-likeness (QED) is 0.187. The molecule has 2 aromatic rings. The second-order valence-corrected chi connectivity index (χ2v) is 6.55. The number of aliphatic imine (C=N–C) groups is 1. The first-order valence-electron chi connectivity index (χ1n) is 10.3. The minimum absolute atomic E-state index is 0. The summed E-state index contributed by atoms with van der Waals surface area (Å²) in [4.78, 5) is 8.87. The normalized spacial score (nSPS) is 11.0. The standard InChI is InChI=1S/C21H33N5O3.HI/c1-5-22-21(24-14-8-10-20-25-16(3)26-29-20)23-13-7-9-17-11-12-18(27-4)19(15-17)28-6-2;/h11-12,15H,5-10,13-14H2,1-4H3,(H2,22,23,24);1H. The maximum Gasteiger partial charge on any atom is 0.226 e. The molecule has 0 unspecified atom stereocenters. The molecule has 0 atom stereocenters. The third-order valence-electron chi connectivity index (χ3n) is 4.20. The Hall–Kier alpha value is -2.04. The van der Waals surface area contributed by atoms with Crippen LogP contribution in [0.4, 0.5) is 0 Å². The van der Waals surface area contributed by atoms with Gasteiger partial charge >= 0.3 is 0 Å². The largest absolute Gasteiger partial charge is 0.493 e. The van der Waals surface area contributed by atoms with Gasteiger partial charge < -0.3 is 24.6 Å². The molecule has 1 aromatic heterocycles. The number of rotatable bonds is 12. The fraction of sp³-hybridized carbons (Fsp3) is 0.571. The average Bonchev–Trinajstić information content (AvgIpc) is 3.14. The van der Waals surface area contributed by atoms with E-state index in [4.69, 9.17) is 14.0 Å². The van der Waals surface area contributed by atoms with Crippen LogP contribution in [-0.2, 0) is 12.8 Å². The lowest BCUT2D eigenvalue weighted by molar-refractivity contribution is 0.310. The maximum atomic E-state index is 5.65. The molecule has 9 heteroatoms. The van der Waals surface area contributed by atoms with E-state index >= 15 is 0 Å². The molecular formula is C21H34IN5O3. The third-order valence-corrected chi connectivity index (χ3v) is 4.20. The Kier molecular flexibility index (Phi) is 12.9. The van der Waals surface area contributed by atoms with Gasteiger partial charge in [0.15, 0.2) is 23.3 Å². The predicted molar refractivity (Wildman–Crippen MR) is 129 cm³/mol. The van der Waals surface area contributed by atoms with Crippen molar-refractivity contribution in [2.75, 3.05) is 33.4 Å². The van der Waals surface area contributed by atoms with E-state index in [1.807, 2.05) is 19.9 Å². The Bertz CT molecular complexity index is 767. The Morgan fingerprint density at radius 1 is 1.13 bits per heavy atom. The van der Waals surface area contributed by atoms with Gasteiger partial charge in [0.2, 0.25) is 5.89 Å². The number of benzene rings is 1. The Balaban J connectivity index is 0.00000450. The van der Waals surface area contributed by atoms with Crippen LogP contribution < -0.4 is 20.1 Å². The molecule has 0 saturated carbocycles. The van der Waals surface area contributed by atoms with E-state index in [0.29, 0.717) is 18.3 Å². The summed E-state index contributed by atoms with van der Waals surface area (Å²) in [5, 5.41) is 10.4. The predicted octanol–water partition coefficient (Wildman–Crippen LogP) is 3.52. The first-order chi connectivity index (χ1) is 14.2. The molecule has 0 amide bonds. The fourth-order valence-electron chi connectivity index (χ4n) is 2.85. The molecule has 0 aliphatic heterocycles. The van der Waals surface area contributed by atoms with Crippen molar-refractivity contribution in [1.29, 1.82) is 0 Å². The van der Waals surface area contributed by atoms with E-state index < -0.39 is 0 Å². The average molecular weight is 531 g/mol. The molecule has 2 N–H and O–H groups in total. The van der Waals surface area contributed by atoms with Crippen LogP contribution in [0.25, 0.3) is 0 Å². The first kappa shape index (κ1) is 26.0. The summed E-state index contributed by atoms with van der Waals surface area (Å²) in [6.07, 6.45) is 3.55. The topological polar surface area (TPSA) is 93.8 Å². The molecule has 0 fully saturated rings. The van der Waals surface area contributed by atoms with Gasteiger partial charge in [-0.3, -0.25) is 4.99 Å². The second-order valence-electron chi connectivity index (χ2n) is 6.55. The molecule has 8 nitrogen and oxygen atoms in total. The molecule has 30 heavy (non-hydrogen) atoms. The molecule has 0 bridgehead atoms. The molecule has 168 valence electrons. The van der Waals surface area contributed by atoms with Crippen molar-refractivity contribution in [1.82, 2.24) is 20.8 Å². The van der Waals surface area contributed by atoms with Crippen molar-refractivity contribution in [3.05, 3.63) is 35.5 Å². The van der Waals surface area contributed by atoms with Crippen molar-refractivity contribution in [2.24, 2.45) is 4.99 Å². The van der Waals surface area contributed by atoms with E-state index in [1.165, 1.54) is 5.56 Å². The Labute approximate surface area is 196 Å². The van der Waals surface area contributed by atoms with Gasteiger partial charge in [-0.15, -0.1) is 24.0 Å². The molecule has 0 radical (unpaired) electrons. The van der Waals surface area contributed by atoms with Crippen LogP contribution in [-0.4, -0.2) is 49.5 Å².